The summed E-state index contributed by atoms with van der Waals surface area (Å²) >= 11 is 3.43. The Kier molecular flexibility index (Phi) is 7.48. The van der Waals surface area contributed by atoms with Gasteiger partial charge in [-0.2, -0.15) is 0 Å². The fraction of sp³-hybridized carbons (Fsp3) is 0.350. The Hall–Kier alpha value is -2.05. The fourth-order valence-electron chi connectivity index (χ4n) is 2.41. The number of nitrogens with zero attached hydrogens (tertiary/aromatic N) is 1. The monoisotopic (exact) mass is 420 g/mol. The molecule has 0 aliphatic carbocycles. The molecule has 1 atom stereocenters. The maximum atomic E-state index is 12.8. The number of benzene rings is 2. The van der Waals surface area contributed by atoms with Crippen LogP contribution in [0.2, 0.25) is 0 Å². The summed E-state index contributed by atoms with van der Waals surface area (Å²) in [6.07, 6.45) is 0. The lowest BCUT2D eigenvalue weighted by Gasteiger charge is -2.18. The first kappa shape index (κ1) is 20.3. The van der Waals surface area contributed by atoms with E-state index in [1.165, 1.54) is 0 Å². The highest BCUT2D eigenvalue weighted by atomic mass is 79.9. The van der Waals surface area contributed by atoms with Gasteiger partial charge in [0, 0.05) is 11.0 Å². The number of methoxy groups -OCH3 is 1. The van der Waals surface area contributed by atoms with Gasteiger partial charge >= 0.3 is 0 Å². The van der Waals surface area contributed by atoms with Crippen LogP contribution < -0.4 is 14.8 Å². The zero-order valence-corrected chi connectivity index (χ0v) is 17.2. The Morgan fingerprint density at radius 3 is 2.69 bits per heavy atom. The molecule has 0 unspecified atom stereocenters. The second-order valence-electron chi connectivity index (χ2n) is 6.26. The van der Waals surface area contributed by atoms with Gasteiger partial charge in [0.05, 0.1) is 18.7 Å². The lowest BCUT2D eigenvalue weighted by atomic mass is 10.1. The molecule has 0 aliphatic rings. The summed E-state index contributed by atoms with van der Waals surface area (Å²) in [6, 6.07) is 12.9. The number of carbonyl (C=O) groups excluding carboxylic acids is 1. The van der Waals surface area contributed by atoms with E-state index in [0.29, 0.717) is 17.9 Å². The molecule has 26 heavy (non-hydrogen) atoms. The predicted molar refractivity (Wildman–Crippen MR) is 107 cm³/mol. The Balaban J connectivity index is 2.12. The summed E-state index contributed by atoms with van der Waals surface area (Å²) < 4.78 is 11.9. The normalized spacial score (nSPS) is 11.9. The molecular weight excluding hydrogens is 396 g/mol. The molecule has 2 aromatic carbocycles. The van der Waals surface area contributed by atoms with Crippen LogP contribution in [-0.4, -0.2) is 45.2 Å². The van der Waals surface area contributed by atoms with Gasteiger partial charge in [0.2, 0.25) is 0 Å². The first-order valence-corrected chi connectivity index (χ1v) is 9.22. The molecule has 0 aliphatic heterocycles. The number of carbonyl (C=O) groups is 1. The van der Waals surface area contributed by atoms with Crippen molar-refractivity contribution in [2.75, 3.05) is 34.4 Å². The van der Waals surface area contributed by atoms with Gasteiger partial charge < -0.3 is 19.7 Å². The minimum absolute atomic E-state index is 0.157. The quantitative estimate of drug-likeness (QED) is 0.703. The van der Waals surface area contributed by atoms with Crippen LogP contribution in [0, 0.1) is 0 Å². The average molecular weight is 421 g/mol. The highest BCUT2D eigenvalue weighted by Crippen LogP contribution is 2.25. The third-order valence-corrected chi connectivity index (χ3v) is 4.42. The predicted octanol–water partition coefficient (Wildman–Crippen LogP) is 3.89. The Bertz CT molecular complexity index is 750. The van der Waals surface area contributed by atoms with Crippen molar-refractivity contribution >= 4 is 21.8 Å². The molecule has 0 saturated heterocycles. The number of hydrogen-bond acceptors (Lipinski definition) is 4. The number of likely N-dealkylation sites (N-methyl/N-ethyl adjacent to an activating group) is 1. The zero-order chi connectivity index (χ0) is 19.1. The van der Waals surface area contributed by atoms with Crippen molar-refractivity contribution in [3.8, 4) is 11.5 Å². The molecule has 0 radical (unpaired) electrons. The van der Waals surface area contributed by atoms with Gasteiger partial charge in [0.1, 0.15) is 18.1 Å². The minimum Gasteiger partial charge on any atom is -0.497 e. The van der Waals surface area contributed by atoms with Crippen LogP contribution in [0.5, 0.6) is 11.5 Å². The summed E-state index contributed by atoms with van der Waals surface area (Å²) in [5, 5.41) is 3.02. The van der Waals surface area contributed by atoms with Gasteiger partial charge in [-0.3, -0.25) is 4.79 Å². The van der Waals surface area contributed by atoms with Gasteiger partial charge in [-0.15, -0.1) is 0 Å². The molecule has 1 amide bonds. The standard InChI is InChI=1S/C20H25BrN2O3/c1-14(15-6-5-7-17(12-15)25-4)22-20(24)18-9-8-16(21)13-19(18)26-11-10-23(2)3/h5-9,12-14H,10-11H2,1-4H3,(H,22,24)/t14-/m1/s1. The van der Waals surface area contributed by atoms with Crippen LogP contribution >= 0.6 is 15.9 Å². The molecule has 0 spiro atoms. The number of hydrogen-bond donors (Lipinski definition) is 1. The van der Waals surface area contributed by atoms with Crippen molar-refractivity contribution < 1.29 is 14.3 Å². The van der Waals surface area contributed by atoms with E-state index in [-0.39, 0.29) is 11.9 Å². The molecule has 6 heteroatoms. The van der Waals surface area contributed by atoms with E-state index < -0.39 is 0 Å². The first-order chi connectivity index (χ1) is 12.4. The number of amides is 1. The first-order valence-electron chi connectivity index (χ1n) is 8.42. The fourth-order valence-corrected chi connectivity index (χ4v) is 2.75. The van der Waals surface area contributed by atoms with Gasteiger partial charge in [0.25, 0.3) is 5.91 Å². The number of halogens is 1. The molecule has 2 aromatic rings. The highest BCUT2D eigenvalue weighted by molar-refractivity contribution is 9.10. The van der Waals surface area contributed by atoms with Gasteiger partial charge in [-0.05, 0) is 56.9 Å². The van der Waals surface area contributed by atoms with Gasteiger partial charge in [-0.25, -0.2) is 0 Å². The van der Waals surface area contributed by atoms with Crippen molar-refractivity contribution in [2.45, 2.75) is 13.0 Å². The van der Waals surface area contributed by atoms with Crippen LogP contribution in [0.25, 0.3) is 0 Å². The van der Waals surface area contributed by atoms with Gasteiger partial charge in [0.15, 0.2) is 0 Å². The second-order valence-corrected chi connectivity index (χ2v) is 7.18. The van der Waals surface area contributed by atoms with E-state index in [1.807, 2.05) is 62.3 Å². The van der Waals surface area contributed by atoms with E-state index in [4.69, 9.17) is 9.47 Å². The molecule has 0 bridgehead atoms. The zero-order valence-electron chi connectivity index (χ0n) is 15.6. The van der Waals surface area contributed by atoms with Crippen LogP contribution in [0.1, 0.15) is 28.9 Å². The minimum atomic E-state index is -0.173. The van der Waals surface area contributed by atoms with Crippen molar-refractivity contribution in [2.24, 2.45) is 0 Å². The maximum absolute atomic E-state index is 12.8. The third kappa shape index (κ3) is 5.75. The van der Waals surface area contributed by atoms with Gasteiger partial charge in [-0.1, -0.05) is 28.1 Å². The van der Waals surface area contributed by atoms with E-state index in [0.717, 1.165) is 22.3 Å². The van der Waals surface area contributed by atoms with Crippen LogP contribution in [0.3, 0.4) is 0 Å². The summed E-state index contributed by atoms with van der Waals surface area (Å²) in [7, 11) is 5.59. The van der Waals surface area contributed by atoms with E-state index in [2.05, 4.69) is 21.2 Å². The maximum Gasteiger partial charge on any atom is 0.255 e. The second kappa shape index (κ2) is 9.59. The molecule has 0 fully saturated rings. The largest absolute Gasteiger partial charge is 0.497 e. The molecule has 0 aromatic heterocycles. The molecule has 5 nitrogen and oxygen atoms in total. The summed E-state index contributed by atoms with van der Waals surface area (Å²) in [4.78, 5) is 14.8. The Labute approximate surface area is 163 Å². The van der Waals surface area contributed by atoms with Crippen LogP contribution in [0.4, 0.5) is 0 Å². The molecule has 2 rings (SSSR count). The van der Waals surface area contributed by atoms with Crippen molar-refractivity contribution in [1.29, 1.82) is 0 Å². The van der Waals surface area contributed by atoms with E-state index in [1.54, 1.807) is 13.2 Å². The molecule has 0 heterocycles. The average Bonchev–Trinajstić information content (AvgIpc) is 2.61. The van der Waals surface area contributed by atoms with Crippen LogP contribution in [0.15, 0.2) is 46.9 Å². The summed E-state index contributed by atoms with van der Waals surface area (Å²) in [6.45, 7) is 3.22. The number of ether oxygens (including phenoxy) is 2. The van der Waals surface area contributed by atoms with Crippen molar-refractivity contribution in [3.05, 3.63) is 58.1 Å². The van der Waals surface area contributed by atoms with Crippen molar-refractivity contribution in [3.63, 3.8) is 0 Å². The SMILES string of the molecule is COc1cccc([C@@H](C)NC(=O)c2ccc(Br)cc2OCCN(C)C)c1. The topological polar surface area (TPSA) is 50.8 Å². The summed E-state index contributed by atoms with van der Waals surface area (Å²) in [5.74, 6) is 1.16. The van der Waals surface area contributed by atoms with Crippen LogP contribution in [-0.2, 0) is 0 Å². The molecule has 140 valence electrons. The third-order valence-electron chi connectivity index (χ3n) is 3.93. The van der Waals surface area contributed by atoms with E-state index in [9.17, 15) is 4.79 Å². The Morgan fingerprint density at radius 2 is 2.00 bits per heavy atom. The van der Waals surface area contributed by atoms with Crippen molar-refractivity contribution in [1.82, 2.24) is 10.2 Å². The molecule has 1 N–H and O–H groups in total. The Morgan fingerprint density at radius 1 is 1.23 bits per heavy atom. The number of rotatable bonds is 8. The summed E-state index contributed by atoms with van der Waals surface area (Å²) in [5.41, 5.74) is 1.49. The lowest BCUT2D eigenvalue weighted by molar-refractivity contribution is 0.0935. The lowest BCUT2D eigenvalue weighted by Crippen LogP contribution is -2.27. The number of nitrogens with one attached hydrogen (secondary N) is 1. The molecule has 0 saturated carbocycles. The molecular formula is C20H25BrN2O3. The van der Waals surface area contributed by atoms with E-state index >= 15 is 0 Å². The smallest absolute Gasteiger partial charge is 0.255 e. The highest BCUT2D eigenvalue weighted by Gasteiger charge is 2.17.